The van der Waals surface area contributed by atoms with Gasteiger partial charge in [-0.05, 0) is 11.6 Å². The van der Waals surface area contributed by atoms with Gasteiger partial charge in [0, 0.05) is 27.3 Å². The molecule has 1 aromatic rings. The molecule has 0 saturated carbocycles. The van der Waals surface area contributed by atoms with Gasteiger partial charge in [-0.2, -0.15) is 0 Å². The Labute approximate surface area is 82.0 Å². The van der Waals surface area contributed by atoms with Crippen molar-refractivity contribution < 1.29 is 0 Å². The Kier molecular flexibility index (Phi) is 3.27. The third-order valence-corrected chi connectivity index (χ3v) is 4.38. The first kappa shape index (κ1) is 10.5. The number of rotatable bonds is 3. The Hall–Kier alpha value is -0.610. The Bertz CT molecular complexity index is 269. The Morgan fingerprint density at radius 2 is 1.69 bits per heavy atom. The fourth-order valence-electron chi connectivity index (χ4n) is 1.55. The maximum atomic E-state index is 3.93. The molecule has 1 unspecified atom stereocenters. The summed E-state index contributed by atoms with van der Waals surface area (Å²) in [5.74, 6) is 0. The number of hydrogen-bond acceptors (Lipinski definition) is 0. The summed E-state index contributed by atoms with van der Waals surface area (Å²) in [5, 5.41) is 0. The lowest BCUT2D eigenvalue weighted by Crippen LogP contribution is -1.99. The van der Waals surface area contributed by atoms with E-state index in [1.54, 1.807) is 0 Å². The average molecular weight is 193 g/mol. The third-order valence-electron chi connectivity index (χ3n) is 2.20. The van der Waals surface area contributed by atoms with Crippen LogP contribution in [0.15, 0.2) is 43.0 Å². The second-order valence-electron chi connectivity index (χ2n) is 4.21. The van der Waals surface area contributed by atoms with Crippen LogP contribution in [-0.2, 0) is 0 Å². The topological polar surface area (TPSA) is 0 Å². The predicted molar refractivity (Wildman–Crippen MR) is 64.1 cm³/mol. The lowest BCUT2D eigenvalue weighted by atomic mass is 10.1. The summed E-state index contributed by atoms with van der Waals surface area (Å²) in [7, 11) is -0.866. The Balaban J connectivity index is 2.99. The maximum Gasteiger partial charge on any atom is 0.111 e. The molecule has 0 N–H and O–H groups in total. The van der Waals surface area contributed by atoms with E-state index in [1.165, 1.54) is 5.56 Å². The molecule has 1 aromatic carbocycles. The second kappa shape index (κ2) is 4.07. The van der Waals surface area contributed by atoms with Gasteiger partial charge in [0.25, 0.3) is 0 Å². The molecule has 1 rings (SSSR count). The van der Waals surface area contributed by atoms with Crippen LogP contribution >= 0.6 is 7.26 Å². The summed E-state index contributed by atoms with van der Waals surface area (Å²) in [6, 6.07) is 10.6. The highest BCUT2D eigenvalue weighted by atomic mass is 31.2. The standard InChI is InChI=1S/C12H18P/c1-5-12(13(2,3)4)11-9-7-6-8-10-11/h5-10,12H,1H2,2-4H3/q+1. The van der Waals surface area contributed by atoms with Crippen molar-refractivity contribution in [2.24, 2.45) is 0 Å². The molecule has 0 fully saturated rings. The molecule has 0 aromatic heterocycles. The fourth-order valence-corrected chi connectivity index (χ4v) is 3.25. The van der Waals surface area contributed by atoms with Crippen molar-refractivity contribution in [1.82, 2.24) is 0 Å². The molecule has 0 bridgehead atoms. The summed E-state index contributed by atoms with van der Waals surface area (Å²) < 4.78 is 0. The van der Waals surface area contributed by atoms with Gasteiger partial charge in [-0.15, -0.1) is 0 Å². The van der Waals surface area contributed by atoms with Crippen LogP contribution in [0.2, 0.25) is 0 Å². The number of hydrogen-bond donors (Lipinski definition) is 0. The van der Waals surface area contributed by atoms with E-state index in [1.807, 2.05) is 0 Å². The van der Waals surface area contributed by atoms with E-state index in [2.05, 4.69) is 63.0 Å². The lowest BCUT2D eigenvalue weighted by molar-refractivity contribution is 1.20. The van der Waals surface area contributed by atoms with E-state index in [-0.39, 0.29) is 0 Å². The van der Waals surface area contributed by atoms with Crippen LogP contribution in [-0.4, -0.2) is 20.0 Å². The largest absolute Gasteiger partial charge is 0.111 e. The van der Waals surface area contributed by atoms with E-state index in [4.69, 9.17) is 0 Å². The molecule has 0 amide bonds. The first-order chi connectivity index (χ1) is 6.05. The molecule has 0 saturated heterocycles. The molecule has 0 nitrogen and oxygen atoms in total. The normalized spacial score (nSPS) is 13.8. The van der Waals surface area contributed by atoms with Gasteiger partial charge in [-0.3, -0.25) is 0 Å². The average Bonchev–Trinajstić information content (AvgIpc) is 2.05. The van der Waals surface area contributed by atoms with E-state index >= 15 is 0 Å². The predicted octanol–water partition coefficient (Wildman–Crippen LogP) is 3.82. The quantitative estimate of drug-likeness (QED) is 0.505. The van der Waals surface area contributed by atoms with Crippen molar-refractivity contribution in [1.29, 1.82) is 0 Å². The highest BCUT2D eigenvalue weighted by molar-refractivity contribution is 7.74. The molecular weight excluding hydrogens is 175 g/mol. The molecular formula is C12H18P+. The van der Waals surface area contributed by atoms with Gasteiger partial charge in [-0.25, -0.2) is 0 Å². The van der Waals surface area contributed by atoms with Crippen molar-refractivity contribution in [3.63, 3.8) is 0 Å². The van der Waals surface area contributed by atoms with E-state index < -0.39 is 7.26 Å². The monoisotopic (exact) mass is 193 g/mol. The molecule has 0 aliphatic heterocycles. The summed E-state index contributed by atoms with van der Waals surface area (Å²) in [6.45, 7) is 11.0. The highest BCUT2D eigenvalue weighted by Crippen LogP contribution is 2.61. The first-order valence-electron chi connectivity index (χ1n) is 4.54. The van der Waals surface area contributed by atoms with Gasteiger partial charge < -0.3 is 0 Å². The first-order valence-corrected chi connectivity index (χ1v) is 7.74. The molecule has 0 radical (unpaired) electrons. The lowest BCUT2D eigenvalue weighted by Gasteiger charge is -2.21. The van der Waals surface area contributed by atoms with Gasteiger partial charge in [0.15, 0.2) is 0 Å². The maximum absolute atomic E-state index is 3.93. The third kappa shape index (κ3) is 2.67. The van der Waals surface area contributed by atoms with Crippen molar-refractivity contribution in [2.45, 2.75) is 5.66 Å². The van der Waals surface area contributed by atoms with E-state index in [0.717, 1.165) is 0 Å². The molecule has 0 spiro atoms. The molecule has 13 heavy (non-hydrogen) atoms. The zero-order valence-electron chi connectivity index (χ0n) is 8.70. The van der Waals surface area contributed by atoms with Crippen molar-refractivity contribution in [3.05, 3.63) is 48.6 Å². The molecule has 0 heterocycles. The van der Waals surface area contributed by atoms with Gasteiger partial charge in [0.1, 0.15) is 5.66 Å². The number of allylic oxidation sites excluding steroid dienone is 1. The molecule has 0 aliphatic carbocycles. The minimum absolute atomic E-state index is 0.550. The molecule has 70 valence electrons. The zero-order chi connectivity index (χ0) is 9.90. The zero-order valence-corrected chi connectivity index (χ0v) is 9.59. The second-order valence-corrected chi connectivity index (χ2v) is 9.00. The van der Waals surface area contributed by atoms with Gasteiger partial charge >= 0.3 is 0 Å². The minimum Gasteiger partial charge on any atom is -0.0989 e. The molecule has 1 heteroatoms. The van der Waals surface area contributed by atoms with Crippen LogP contribution in [0.5, 0.6) is 0 Å². The van der Waals surface area contributed by atoms with Crippen LogP contribution in [0.25, 0.3) is 0 Å². The van der Waals surface area contributed by atoms with Gasteiger partial charge in [0.05, 0.1) is 0 Å². The van der Waals surface area contributed by atoms with Crippen LogP contribution in [0.1, 0.15) is 11.2 Å². The summed E-state index contributed by atoms with van der Waals surface area (Å²) in [5.41, 5.74) is 1.95. The van der Waals surface area contributed by atoms with Crippen molar-refractivity contribution in [3.8, 4) is 0 Å². The summed E-state index contributed by atoms with van der Waals surface area (Å²) in [6.07, 6.45) is 2.09. The van der Waals surface area contributed by atoms with Crippen molar-refractivity contribution in [2.75, 3.05) is 20.0 Å². The number of benzene rings is 1. The van der Waals surface area contributed by atoms with Gasteiger partial charge in [0.2, 0.25) is 0 Å². The Morgan fingerprint density at radius 1 is 1.15 bits per heavy atom. The fraction of sp³-hybridized carbons (Fsp3) is 0.333. The smallest absolute Gasteiger partial charge is 0.0989 e. The molecule has 0 aliphatic rings. The molecule has 1 atom stereocenters. The summed E-state index contributed by atoms with van der Waals surface area (Å²) in [4.78, 5) is 0. The SMILES string of the molecule is C=CC(c1ccccc1)[P+](C)(C)C. The van der Waals surface area contributed by atoms with Crippen molar-refractivity contribution >= 4 is 7.26 Å². The van der Waals surface area contributed by atoms with E-state index in [0.29, 0.717) is 5.66 Å². The highest BCUT2D eigenvalue weighted by Gasteiger charge is 2.29. The van der Waals surface area contributed by atoms with Crippen LogP contribution in [0, 0.1) is 0 Å². The van der Waals surface area contributed by atoms with Crippen LogP contribution < -0.4 is 0 Å². The van der Waals surface area contributed by atoms with Crippen LogP contribution in [0.4, 0.5) is 0 Å². The van der Waals surface area contributed by atoms with E-state index in [9.17, 15) is 0 Å². The minimum atomic E-state index is -0.866. The Morgan fingerprint density at radius 3 is 2.08 bits per heavy atom. The van der Waals surface area contributed by atoms with Crippen LogP contribution in [0.3, 0.4) is 0 Å². The van der Waals surface area contributed by atoms with Gasteiger partial charge in [-0.1, -0.05) is 36.9 Å². The summed E-state index contributed by atoms with van der Waals surface area (Å²) >= 11 is 0.